The van der Waals surface area contributed by atoms with Crippen molar-refractivity contribution in [1.29, 1.82) is 0 Å². The molecule has 0 saturated heterocycles. The molecule has 2 N–H and O–H groups in total. The molecule has 0 aromatic heterocycles. The van der Waals surface area contributed by atoms with Crippen LogP contribution in [0.2, 0.25) is 0 Å². The Hall–Kier alpha value is -0.120. The molecule has 1 aliphatic carbocycles. The van der Waals surface area contributed by atoms with Gasteiger partial charge in [-0.25, -0.2) is 0 Å². The van der Waals surface area contributed by atoms with Crippen LogP contribution in [-0.2, 0) is 0 Å². The topological polar surface area (TPSA) is 35.5 Å². The molecule has 0 atom stereocenters. The molecule has 1 aliphatic rings. The zero-order valence-electron chi connectivity index (χ0n) is 12.1. The van der Waals surface area contributed by atoms with Gasteiger partial charge in [0, 0.05) is 19.6 Å². The highest BCUT2D eigenvalue weighted by Crippen LogP contribution is 2.38. The van der Waals surface area contributed by atoms with Crippen LogP contribution in [0.4, 0.5) is 0 Å². The van der Waals surface area contributed by atoms with Crippen LogP contribution in [-0.4, -0.2) is 48.8 Å². The maximum Gasteiger partial charge on any atom is 0.0718 e. The molecule has 0 aliphatic heterocycles. The molecule has 0 aromatic rings. The summed E-state index contributed by atoms with van der Waals surface area (Å²) >= 11 is 0. The second kappa shape index (κ2) is 6.17. The summed E-state index contributed by atoms with van der Waals surface area (Å²) in [4.78, 5) is 2.29. The average molecular weight is 242 g/mol. The van der Waals surface area contributed by atoms with E-state index in [2.05, 4.69) is 24.2 Å². The highest BCUT2D eigenvalue weighted by molar-refractivity contribution is 4.89. The summed E-state index contributed by atoms with van der Waals surface area (Å²) in [6.45, 7) is 9.97. The van der Waals surface area contributed by atoms with E-state index >= 15 is 0 Å². The molecule has 1 rings (SSSR count). The van der Waals surface area contributed by atoms with E-state index in [1.807, 2.05) is 13.8 Å². The van der Waals surface area contributed by atoms with Gasteiger partial charge in [0.1, 0.15) is 0 Å². The van der Waals surface area contributed by atoms with Crippen LogP contribution in [0.1, 0.15) is 46.5 Å². The van der Waals surface area contributed by atoms with Gasteiger partial charge in [-0.2, -0.15) is 0 Å². The highest BCUT2D eigenvalue weighted by Gasteiger charge is 2.35. The number of nitrogens with zero attached hydrogens (tertiary/aromatic N) is 1. The van der Waals surface area contributed by atoms with E-state index in [-0.39, 0.29) is 0 Å². The molecular formula is C14H30N2O. The van der Waals surface area contributed by atoms with E-state index in [0.29, 0.717) is 5.41 Å². The Morgan fingerprint density at radius 1 is 1.29 bits per heavy atom. The lowest BCUT2D eigenvalue weighted by atomic mass is 9.85. The lowest BCUT2D eigenvalue weighted by molar-refractivity contribution is 0.0305. The van der Waals surface area contributed by atoms with Crippen LogP contribution in [0.15, 0.2) is 0 Å². The van der Waals surface area contributed by atoms with Crippen LogP contribution < -0.4 is 5.32 Å². The molecule has 1 fully saturated rings. The molecule has 0 aromatic carbocycles. The molecular weight excluding hydrogens is 212 g/mol. The SMILES string of the molecule is CCNCC1(CN(C)CC(C)(C)O)CCCC1. The van der Waals surface area contributed by atoms with Gasteiger partial charge in [-0.3, -0.25) is 0 Å². The number of aliphatic hydroxyl groups is 1. The third-order valence-corrected chi connectivity index (χ3v) is 3.68. The van der Waals surface area contributed by atoms with Crippen molar-refractivity contribution in [2.45, 2.75) is 52.1 Å². The normalized spacial score (nSPS) is 20.1. The first kappa shape index (κ1) is 14.9. The summed E-state index contributed by atoms with van der Waals surface area (Å²) in [5, 5.41) is 13.4. The summed E-state index contributed by atoms with van der Waals surface area (Å²) in [5.41, 5.74) is -0.150. The monoisotopic (exact) mass is 242 g/mol. The first-order valence-corrected chi connectivity index (χ1v) is 6.99. The van der Waals surface area contributed by atoms with E-state index in [9.17, 15) is 5.11 Å². The quantitative estimate of drug-likeness (QED) is 0.715. The van der Waals surface area contributed by atoms with Gasteiger partial charge in [-0.05, 0) is 45.7 Å². The largest absolute Gasteiger partial charge is 0.389 e. The zero-order chi connectivity index (χ0) is 12.9. The van der Waals surface area contributed by atoms with Crippen LogP contribution >= 0.6 is 0 Å². The molecule has 1 saturated carbocycles. The van der Waals surface area contributed by atoms with Gasteiger partial charge in [0.15, 0.2) is 0 Å². The number of hydrogen-bond acceptors (Lipinski definition) is 3. The van der Waals surface area contributed by atoms with Crippen LogP contribution in [0, 0.1) is 5.41 Å². The molecule has 3 heteroatoms. The van der Waals surface area contributed by atoms with Crippen molar-refractivity contribution in [1.82, 2.24) is 10.2 Å². The molecule has 17 heavy (non-hydrogen) atoms. The van der Waals surface area contributed by atoms with E-state index in [0.717, 1.165) is 26.2 Å². The van der Waals surface area contributed by atoms with Crippen molar-refractivity contribution in [2.75, 3.05) is 33.2 Å². The van der Waals surface area contributed by atoms with Gasteiger partial charge in [0.25, 0.3) is 0 Å². The van der Waals surface area contributed by atoms with Crippen LogP contribution in [0.3, 0.4) is 0 Å². The third-order valence-electron chi connectivity index (χ3n) is 3.68. The summed E-state index contributed by atoms with van der Waals surface area (Å²) in [7, 11) is 2.13. The summed E-state index contributed by atoms with van der Waals surface area (Å²) in [6.07, 6.45) is 5.38. The molecule has 0 unspecified atom stereocenters. The maximum atomic E-state index is 9.86. The minimum Gasteiger partial charge on any atom is -0.389 e. The summed E-state index contributed by atoms with van der Waals surface area (Å²) < 4.78 is 0. The average Bonchev–Trinajstić information content (AvgIpc) is 2.60. The fraction of sp³-hybridized carbons (Fsp3) is 1.00. The predicted octanol–water partition coefficient (Wildman–Crippen LogP) is 1.86. The Labute approximate surface area is 107 Å². The van der Waals surface area contributed by atoms with Crippen LogP contribution in [0.5, 0.6) is 0 Å². The fourth-order valence-electron chi connectivity index (χ4n) is 3.19. The van der Waals surface area contributed by atoms with Crippen molar-refractivity contribution in [3.8, 4) is 0 Å². The summed E-state index contributed by atoms with van der Waals surface area (Å²) in [5.74, 6) is 0. The first-order chi connectivity index (χ1) is 7.87. The molecule has 0 radical (unpaired) electrons. The van der Waals surface area contributed by atoms with Gasteiger partial charge in [-0.1, -0.05) is 19.8 Å². The number of nitrogens with one attached hydrogen (secondary N) is 1. The molecule has 0 heterocycles. The van der Waals surface area contributed by atoms with Gasteiger partial charge in [0.05, 0.1) is 5.60 Å². The molecule has 0 bridgehead atoms. The number of rotatable bonds is 7. The number of likely N-dealkylation sites (N-methyl/N-ethyl adjacent to an activating group) is 1. The Morgan fingerprint density at radius 3 is 2.35 bits per heavy atom. The van der Waals surface area contributed by atoms with E-state index < -0.39 is 5.60 Å². The molecule has 0 spiro atoms. The van der Waals surface area contributed by atoms with E-state index in [1.165, 1.54) is 25.7 Å². The minimum atomic E-state index is -0.591. The highest BCUT2D eigenvalue weighted by atomic mass is 16.3. The zero-order valence-corrected chi connectivity index (χ0v) is 12.1. The smallest absolute Gasteiger partial charge is 0.0718 e. The van der Waals surface area contributed by atoms with Gasteiger partial charge >= 0.3 is 0 Å². The van der Waals surface area contributed by atoms with Gasteiger partial charge < -0.3 is 15.3 Å². The van der Waals surface area contributed by atoms with Crippen molar-refractivity contribution in [2.24, 2.45) is 5.41 Å². The fourth-order valence-corrected chi connectivity index (χ4v) is 3.19. The Bertz CT molecular complexity index is 217. The van der Waals surface area contributed by atoms with Crippen molar-refractivity contribution in [3.63, 3.8) is 0 Å². The lowest BCUT2D eigenvalue weighted by Gasteiger charge is -2.36. The maximum absolute atomic E-state index is 9.86. The Morgan fingerprint density at radius 2 is 1.88 bits per heavy atom. The predicted molar refractivity (Wildman–Crippen MR) is 73.2 cm³/mol. The summed E-state index contributed by atoms with van der Waals surface area (Å²) in [6, 6.07) is 0. The third kappa shape index (κ3) is 5.36. The molecule has 3 nitrogen and oxygen atoms in total. The van der Waals surface area contributed by atoms with E-state index in [1.54, 1.807) is 0 Å². The molecule has 0 amide bonds. The first-order valence-electron chi connectivity index (χ1n) is 6.99. The Balaban J connectivity index is 2.48. The second-order valence-electron chi connectivity index (χ2n) is 6.47. The second-order valence-corrected chi connectivity index (χ2v) is 6.47. The van der Waals surface area contributed by atoms with Gasteiger partial charge in [0.2, 0.25) is 0 Å². The van der Waals surface area contributed by atoms with Crippen molar-refractivity contribution in [3.05, 3.63) is 0 Å². The lowest BCUT2D eigenvalue weighted by Crippen LogP contribution is -2.45. The van der Waals surface area contributed by atoms with Crippen LogP contribution in [0.25, 0.3) is 0 Å². The van der Waals surface area contributed by atoms with E-state index in [4.69, 9.17) is 0 Å². The minimum absolute atomic E-state index is 0.440. The Kier molecular flexibility index (Phi) is 5.42. The van der Waals surface area contributed by atoms with Gasteiger partial charge in [-0.15, -0.1) is 0 Å². The number of hydrogen-bond donors (Lipinski definition) is 2. The molecule has 102 valence electrons. The standard InChI is InChI=1S/C14H30N2O/c1-5-15-10-14(8-6-7-9-14)12-16(4)11-13(2,3)17/h15,17H,5-12H2,1-4H3. The van der Waals surface area contributed by atoms with Crippen molar-refractivity contribution >= 4 is 0 Å². The van der Waals surface area contributed by atoms with Crippen molar-refractivity contribution < 1.29 is 5.11 Å².